The number of fused-ring (bicyclic) bond motifs is 1. The number of nitrogens with two attached hydrogens (primary N) is 1. The smallest absolute Gasteiger partial charge is 0.175 e. The summed E-state index contributed by atoms with van der Waals surface area (Å²) in [6.45, 7) is -0.224. The fourth-order valence-electron chi connectivity index (χ4n) is 2.19. The molecule has 1 saturated heterocycles. The third-order valence-electron chi connectivity index (χ3n) is 3.13. The number of nitrogen functional groups attached to an aromatic ring is 1. The van der Waals surface area contributed by atoms with Crippen LogP contribution >= 0.6 is 22.6 Å². The number of halogens is 1. The number of aliphatic hydroxyl groups is 2. The van der Waals surface area contributed by atoms with Crippen LogP contribution in [-0.4, -0.2) is 48.5 Å². The second-order valence-corrected chi connectivity index (χ2v) is 5.26. The van der Waals surface area contributed by atoms with Gasteiger partial charge in [0.15, 0.2) is 20.8 Å². The Labute approximate surface area is 121 Å². The summed E-state index contributed by atoms with van der Waals surface area (Å²) in [4.78, 5) is 12.4. The molecule has 3 heterocycles. The number of hydrogen-bond donors (Lipinski definition) is 3. The number of ether oxygens (including phenoxy) is 1. The Kier molecular flexibility index (Phi) is 3.28. The second-order valence-electron chi connectivity index (χ2n) is 4.30. The van der Waals surface area contributed by atoms with Crippen molar-refractivity contribution in [1.82, 2.24) is 19.5 Å². The lowest BCUT2D eigenvalue weighted by molar-refractivity contribution is -0.0440. The highest BCUT2D eigenvalue weighted by Crippen LogP contribution is 2.33. The van der Waals surface area contributed by atoms with Crippen molar-refractivity contribution in [3.8, 4) is 0 Å². The minimum absolute atomic E-state index is 0.224. The summed E-state index contributed by atoms with van der Waals surface area (Å²) in [5.41, 5.74) is 6.83. The van der Waals surface area contributed by atoms with Crippen LogP contribution in [0.2, 0.25) is 0 Å². The zero-order valence-corrected chi connectivity index (χ0v) is 11.9. The van der Waals surface area contributed by atoms with Crippen molar-refractivity contribution in [2.75, 3.05) is 12.3 Å². The Hall–Kier alpha value is -1.04. The first-order valence-corrected chi connectivity index (χ1v) is 6.78. The van der Waals surface area contributed by atoms with Crippen molar-refractivity contribution in [2.24, 2.45) is 0 Å². The van der Waals surface area contributed by atoms with E-state index < -0.39 is 18.4 Å². The Balaban J connectivity index is 2.06. The molecule has 2 aromatic heterocycles. The van der Waals surface area contributed by atoms with E-state index in [1.807, 2.05) is 0 Å². The molecule has 4 N–H and O–H groups in total. The first-order chi connectivity index (χ1) is 9.11. The molecular formula is C10H12IN5O3. The molecule has 1 fully saturated rings. The molecule has 3 atom stereocenters. The van der Waals surface area contributed by atoms with E-state index in [2.05, 4.69) is 37.5 Å². The maximum absolute atomic E-state index is 9.80. The molecule has 0 saturated carbocycles. The normalized spacial score (nSPS) is 27.2. The lowest BCUT2D eigenvalue weighted by Crippen LogP contribution is -2.24. The minimum atomic E-state index is -0.706. The maximum Gasteiger partial charge on any atom is 0.175 e. The molecule has 8 nitrogen and oxygen atoms in total. The third kappa shape index (κ3) is 2.06. The van der Waals surface area contributed by atoms with Crippen LogP contribution in [0.3, 0.4) is 0 Å². The SMILES string of the molecule is Nc1ncnc2c1nc(I)n2[C@H]1C[C@H](O)[C@@H](CO)O1. The van der Waals surface area contributed by atoms with Gasteiger partial charge in [0.05, 0.1) is 12.7 Å². The van der Waals surface area contributed by atoms with E-state index >= 15 is 0 Å². The summed E-state index contributed by atoms with van der Waals surface area (Å²) in [5.74, 6) is 0.305. The van der Waals surface area contributed by atoms with Gasteiger partial charge < -0.3 is 20.7 Å². The van der Waals surface area contributed by atoms with E-state index in [1.54, 1.807) is 4.57 Å². The van der Waals surface area contributed by atoms with Crippen molar-refractivity contribution in [2.45, 2.75) is 24.9 Å². The van der Waals surface area contributed by atoms with Crippen molar-refractivity contribution < 1.29 is 14.9 Å². The second kappa shape index (κ2) is 4.81. The van der Waals surface area contributed by atoms with Crippen LogP contribution in [0.1, 0.15) is 12.6 Å². The summed E-state index contributed by atoms with van der Waals surface area (Å²) in [6.07, 6.45) is 0.0236. The number of hydrogen-bond acceptors (Lipinski definition) is 7. The predicted octanol–water partition coefficient (Wildman–Crippen LogP) is -0.346. The number of aromatic nitrogens is 4. The lowest BCUT2D eigenvalue weighted by Gasteiger charge is -2.14. The van der Waals surface area contributed by atoms with Crippen LogP contribution in [0.5, 0.6) is 0 Å². The van der Waals surface area contributed by atoms with Crippen molar-refractivity contribution in [1.29, 1.82) is 0 Å². The molecule has 0 radical (unpaired) electrons. The molecule has 0 aromatic carbocycles. The zero-order valence-electron chi connectivity index (χ0n) is 9.77. The quantitative estimate of drug-likeness (QED) is 0.484. The van der Waals surface area contributed by atoms with Crippen molar-refractivity contribution in [3.63, 3.8) is 0 Å². The van der Waals surface area contributed by atoms with Gasteiger partial charge in [-0.2, -0.15) is 0 Å². The minimum Gasteiger partial charge on any atom is -0.394 e. The van der Waals surface area contributed by atoms with Gasteiger partial charge in [-0.25, -0.2) is 15.0 Å². The van der Waals surface area contributed by atoms with Gasteiger partial charge in [0.2, 0.25) is 0 Å². The van der Waals surface area contributed by atoms with Gasteiger partial charge in [-0.05, 0) is 0 Å². The van der Waals surface area contributed by atoms with Crippen LogP contribution in [0.4, 0.5) is 5.82 Å². The highest BCUT2D eigenvalue weighted by atomic mass is 127. The van der Waals surface area contributed by atoms with Crippen LogP contribution in [0.25, 0.3) is 11.2 Å². The van der Waals surface area contributed by atoms with E-state index in [9.17, 15) is 5.11 Å². The van der Waals surface area contributed by atoms with Gasteiger partial charge in [0, 0.05) is 29.0 Å². The largest absolute Gasteiger partial charge is 0.394 e. The average molecular weight is 377 g/mol. The molecule has 0 aliphatic carbocycles. The van der Waals surface area contributed by atoms with Gasteiger partial charge in [0.1, 0.15) is 18.7 Å². The average Bonchev–Trinajstić information content (AvgIpc) is 2.90. The standard InChI is InChI=1S/C10H12IN5O3/c11-10-15-7-8(12)13-3-14-9(7)16(10)6-1-4(18)5(2-17)19-6/h3-6,17-18H,1-2H2,(H2,12,13,14)/t4-,5+,6+/m0/s1. The summed E-state index contributed by atoms with van der Waals surface area (Å²) < 4.78 is 8.02. The highest BCUT2D eigenvalue weighted by Gasteiger charge is 2.36. The fraction of sp³-hybridized carbons (Fsp3) is 0.500. The molecule has 102 valence electrons. The van der Waals surface area contributed by atoms with Crippen molar-refractivity contribution >= 4 is 39.6 Å². The topological polar surface area (TPSA) is 119 Å². The monoisotopic (exact) mass is 377 g/mol. The van der Waals surface area contributed by atoms with Gasteiger partial charge in [-0.1, -0.05) is 0 Å². The predicted molar refractivity (Wildman–Crippen MR) is 74.1 cm³/mol. The molecule has 1 aliphatic rings. The van der Waals surface area contributed by atoms with E-state index in [4.69, 9.17) is 15.6 Å². The summed E-state index contributed by atoms with van der Waals surface area (Å²) in [7, 11) is 0. The first-order valence-electron chi connectivity index (χ1n) is 5.70. The summed E-state index contributed by atoms with van der Waals surface area (Å²) >= 11 is 2.05. The van der Waals surface area contributed by atoms with E-state index in [0.29, 0.717) is 27.2 Å². The molecule has 0 amide bonds. The number of nitrogens with zero attached hydrogens (tertiary/aromatic N) is 4. The Morgan fingerprint density at radius 3 is 3.00 bits per heavy atom. The maximum atomic E-state index is 9.80. The Morgan fingerprint density at radius 1 is 1.53 bits per heavy atom. The number of imidazole rings is 1. The van der Waals surface area contributed by atoms with Gasteiger partial charge >= 0.3 is 0 Å². The highest BCUT2D eigenvalue weighted by molar-refractivity contribution is 14.1. The van der Waals surface area contributed by atoms with E-state index in [1.165, 1.54) is 6.33 Å². The van der Waals surface area contributed by atoms with Crippen LogP contribution in [-0.2, 0) is 4.74 Å². The molecule has 1 aliphatic heterocycles. The van der Waals surface area contributed by atoms with Crippen LogP contribution < -0.4 is 5.73 Å². The Morgan fingerprint density at radius 2 is 2.32 bits per heavy atom. The Bertz CT molecular complexity index is 618. The number of aliphatic hydroxyl groups excluding tert-OH is 2. The van der Waals surface area contributed by atoms with Gasteiger partial charge in [-0.15, -0.1) is 0 Å². The molecule has 9 heteroatoms. The molecule has 0 spiro atoms. The first kappa shape index (κ1) is 13.0. The molecule has 2 aromatic rings. The fourth-order valence-corrected chi connectivity index (χ4v) is 2.97. The van der Waals surface area contributed by atoms with Crippen LogP contribution in [0.15, 0.2) is 6.33 Å². The molecule has 0 unspecified atom stereocenters. The zero-order chi connectivity index (χ0) is 13.6. The third-order valence-corrected chi connectivity index (χ3v) is 3.90. The number of anilines is 1. The summed E-state index contributed by atoms with van der Waals surface area (Å²) in [5, 5.41) is 18.9. The molecular weight excluding hydrogens is 365 g/mol. The number of rotatable bonds is 2. The van der Waals surface area contributed by atoms with Gasteiger partial charge in [-0.3, -0.25) is 4.57 Å². The van der Waals surface area contributed by atoms with Gasteiger partial charge in [0.25, 0.3) is 0 Å². The van der Waals surface area contributed by atoms with Crippen LogP contribution in [0, 0.1) is 3.83 Å². The lowest BCUT2D eigenvalue weighted by atomic mass is 10.2. The summed E-state index contributed by atoms with van der Waals surface area (Å²) in [6, 6.07) is 0. The van der Waals surface area contributed by atoms with E-state index in [0.717, 1.165) is 0 Å². The van der Waals surface area contributed by atoms with E-state index in [-0.39, 0.29) is 6.61 Å². The molecule has 0 bridgehead atoms. The van der Waals surface area contributed by atoms with Crippen molar-refractivity contribution in [3.05, 3.63) is 10.2 Å². The molecule has 3 rings (SSSR count). The molecule has 19 heavy (non-hydrogen) atoms.